The first-order valence-corrected chi connectivity index (χ1v) is 11.0. The lowest BCUT2D eigenvalue weighted by atomic mass is 10.1. The Morgan fingerprint density at radius 1 is 0.967 bits per heavy atom. The number of benzene rings is 3. The highest BCUT2D eigenvalue weighted by Gasteiger charge is 2.21. The summed E-state index contributed by atoms with van der Waals surface area (Å²) < 4.78 is 33.4. The Morgan fingerprint density at radius 2 is 1.63 bits per heavy atom. The van der Waals surface area contributed by atoms with E-state index < -0.39 is 10.0 Å². The van der Waals surface area contributed by atoms with Gasteiger partial charge in [0.05, 0.1) is 13.5 Å². The number of nitrogens with one attached hydrogen (secondary N) is 2. The van der Waals surface area contributed by atoms with Crippen molar-refractivity contribution in [2.75, 3.05) is 17.1 Å². The molecule has 0 fully saturated rings. The molecule has 3 aromatic rings. The van der Waals surface area contributed by atoms with Gasteiger partial charge in [0, 0.05) is 21.4 Å². The lowest BCUT2D eigenvalue weighted by molar-refractivity contribution is -0.115. The standard InChI is InChI=1S/C21H18Cl2N2O4S/c1-29-19-11-10-17(24-21(26)12-14-4-2-3-5-18(14)23)13-20(19)30(27,28)25-16-8-6-15(22)7-9-16/h2-11,13,25H,12H2,1H3,(H,24,26). The first kappa shape index (κ1) is 22.0. The van der Waals surface area contributed by atoms with Gasteiger partial charge in [-0.3, -0.25) is 9.52 Å². The maximum Gasteiger partial charge on any atom is 0.265 e. The van der Waals surface area contributed by atoms with E-state index in [0.29, 0.717) is 27.0 Å². The summed E-state index contributed by atoms with van der Waals surface area (Å²) in [4.78, 5) is 12.3. The molecule has 3 aromatic carbocycles. The molecule has 0 aromatic heterocycles. The summed E-state index contributed by atoms with van der Waals surface area (Å²) in [5.74, 6) is -0.192. The van der Waals surface area contributed by atoms with Crippen LogP contribution in [0.3, 0.4) is 0 Å². The van der Waals surface area contributed by atoms with Crippen molar-refractivity contribution in [2.45, 2.75) is 11.3 Å². The normalized spacial score (nSPS) is 11.0. The predicted molar refractivity (Wildman–Crippen MR) is 119 cm³/mol. The number of anilines is 2. The highest BCUT2D eigenvalue weighted by atomic mass is 35.5. The molecule has 0 atom stereocenters. The zero-order valence-corrected chi connectivity index (χ0v) is 18.2. The Labute approximate surface area is 184 Å². The third-order valence-electron chi connectivity index (χ3n) is 4.14. The molecule has 0 radical (unpaired) electrons. The molecule has 0 saturated carbocycles. The molecule has 2 N–H and O–H groups in total. The van der Waals surface area contributed by atoms with Crippen LogP contribution in [0.5, 0.6) is 5.75 Å². The number of carbonyl (C=O) groups excluding carboxylic acids is 1. The van der Waals surface area contributed by atoms with Crippen molar-refractivity contribution in [1.29, 1.82) is 0 Å². The summed E-state index contributed by atoms with van der Waals surface area (Å²) in [6.07, 6.45) is 0.0524. The number of methoxy groups -OCH3 is 1. The van der Waals surface area contributed by atoms with Crippen LogP contribution in [0.1, 0.15) is 5.56 Å². The Balaban J connectivity index is 1.83. The summed E-state index contributed by atoms with van der Waals surface area (Å²) in [6, 6.07) is 17.6. The molecule has 0 unspecified atom stereocenters. The molecular formula is C21H18Cl2N2O4S. The summed E-state index contributed by atoms with van der Waals surface area (Å²) in [5.41, 5.74) is 1.32. The van der Waals surface area contributed by atoms with Crippen molar-refractivity contribution in [3.8, 4) is 5.75 Å². The zero-order valence-electron chi connectivity index (χ0n) is 15.9. The lowest BCUT2D eigenvalue weighted by Gasteiger charge is -2.14. The van der Waals surface area contributed by atoms with Crippen LogP contribution in [-0.2, 0) is 21.2 Å². The Morgan fingerprint density at radius 3 is 2.30 bits per heavy atom. The summed E-state index contributed by atoms with van der Waals surface area (Å²) in [6.45, 7) is 0. The van der Waals surface area contributed by atoms with Crippen molar-refractivity contribution in [2.24, 2.45) is 0 Å². The van der Waals surface area contributed by atoms with Gasteiger partial charge in [-0.1, -0.05) is 41.4 Å². The van der Waals surface area contributed by atoms with Gasteiger partial charge in [-0.05, 0) is 54.1 Å². The smallest absolute Gasteiger partial charge is 0.265 e. The van der Waals surface area contributed by atoms with Crippen LogP contribution in [0.15, 0.2) is 71.6 Å². The number of carbonyl (C=O) groups is 1. The van der Waals surface area contributed by atoms with E-state index in [0.717, 1.165) is 0 Å². The fraction of sp³-hybridized carbons (Fsp3) is 0.0952. The van der Waals surface area contributed by atoms with Gasteiger partial charge < -0.3 is 10.1 Å². The first-order chi connectivity index (χ1) is 14.3. The average molecular weight is 465 g/mol. The average Bonchev–Trinajstić information content (AvgIpc) is 2.71. The molecule has 1 amide bonds. The van der Waals surface area contributed by atoms with Gasteiger partial charge in [0.15, 0.2) is 0 Å². The second-order valence-electron chi connectivity index (χ2n) is 6.29. The SMILES string of the molecule is COc1ccc(NC(=O)Cc2ccccc2Cl)cc1S(=O)(=O)Nc1ccc(Cl)cc1. The minimum absolute atomic E-state index is 0.0524. The summed E-state index contributed by atoms with van der Waals surface area (Å²) >= 11 is 11.9. The monoisotopic (exact) mass is 464 g/mol. The van der Waals surface area contributed by atoms with Crippen LogP contribution >= 0.6 is 23.2 Å². The number of rotatable bonds is 7. The second-order valence-corrected chi connectivity index (χ2v) is 8.79. The number of sulfonamides is 1. The van der Waals surface area contributed by atoms with Crippen molar-refractivity contribution in [3.05, 3.63) is 82.3 Å². The van der Waals surface area contributed by atoms with E-state index >= 15 is 0 Å². The largest absolute Gasteiger partial charge is 0.495 e. The highest BCUT2D eigenvalue weighted by molar-refractivity contribution is 7.92. The number of hydrogen-bond donors (Lipinski definition) is 2. The van der Waals surface area contributed by atoms with E-state index in [1.54, 1.807) is 54.6 Å². The minimum Gasteiger partial charge on any atom is -0.495 e. The van der Waals surface area contributed by atoms with E-state index in [4.69, 9.17) is 27.9 Å². The molecule has 0 aliphatic rings. The third kappa shape index (κ3) is 5.44. The van der Waals surface area contributed by atoms with Crippen LogP contribution < -0.4 is 14.8 Å². The topological polar surface area (TPSA) is 84.5 Å². The Hall–Kier alpha value is -2.74. The van der Waals surface area contributed by atoms with Gasteiger partial charge in [-0.15, -0.1) is 0 Å². The quantitative estimate of drug-likeness (QED) is 0.515. The summed E-state index contributed by atoms with van der Waals surface area (Å²) in [7, 11) is -2.62. The first-order valence-electron chi connectivity index (χ1n) is 8.78. The lowest BCUT2D eigenvalue weighted by Crippen LogP contribution is -2.17. The van der Waals surface area contributed by atoms with Crippen LogP contribution in [-0.4, -0.2) is 21.4 Å². The molecule has 0 spiro atoms. The number of hydrogen-bond acceptors (Lipinski definition) is 4. The van der Waals surface area contributed by atoms with Crippen molar-refractivity contribution < 1.29 is 17.9 Å². The van der Waals surface area contributed by atoms with Crippen LogP contribution in [0.25, 0.3) is 0 Å². The van der Waals surface area contributed by atoms with Crippen LogP contribution in [0.2, 0.25) is 10.0 Å². The molecule has 9 heteroatoms. The maximum atomic E-state index is 12.9. The van der Waals surface area contributed by atoms with Gasteiger partial charge in [0.2, 0.25) is 5.91 Å². The molecule has 0 heterocycles. The molecule has 6 nitrogen and oxygen atoms in total. The fourth-order valence-corrected chi connectivity index (χ4v) is 4.30. The number of amides is 1. The molecule has 3 rings (SSSR count). The van der Waals surface area contributed by atoms with Crippen LogP contribution in [0.4, 0.5) is 11.4 Å². The molecule has 156 valence electrons. The minimum atomic E-state index is -3.98. The predicted octanol–water partition coefficient (Wildman–Crippen LogP) is 4.98. The molecule has 0 aliphatic heterocycles. The van der Waals surface area contributed by atoms with Crippen molar-refractivity contribution in [1.82, 2.24) is 0 Å². The number of ether oxygens (including phenoxy) is 1. The molecule has 0 bridgehead atoms. The Bertz CT molecular complexity index is 1170. The van der Waals surface area contributed by atoms with Gasteiger partial charge in [0.1, 0.15) is 10.6 Å². The zero-order chi connectivity index (χ0) is 21.7. The van der Waals surface area contributed by atoms with E-state index in [1.165, 1.54) is 19.2 Å². The molecule has 30 heavy (non-hydrogen) atoms. The van der Waals surface area contributed by atoms with E-state index in [2.05, 4.69) is 10.0 Å². The van der Waals surface area contributed by atoms with Gasteiger partial charge in [-0.2, -0.15) is 0 Å². The maximum absolute atomic E-state index is 12.9. The van der Waals surface area contributed by atoms with Gasteiger partial charge in [0.25, 0.3) is 10.0 Å². The third-order valence-corrected chi connectivity index (χ3v) is 6.17. The van der Waals surface area contributed by atoms with Gasteiger partial charge >= 0.3 is 0 Å². The van der Waals surface area contributed by atoms with E-state index in [-0.39, 0.29) is 23.0 Å². The fourth-order valence-electron chi connectivity index (χ4n) is 2.71. The second kappa shape index (κ2) is 9.38. The summed E-state index contributed by atoms with van der Waals surface area (Å²) in [5, 5.41) is 3.66. The van der Waals surface area contributed by atoms with Crippen LogP contribution in [0, 0.1) is 0 Å². The Kier molecular flexibility index (Phi) is 6.87. The molecule has 0 aliphatic carbocycles. The van der Waals surface area contributed by atoms with E-state index in [9.17, 15) is 13.2 Å². The number of halogens is 2. The molecular weight excluding hydrogens is 447 g/mol. The molecule has 0 saturated heterocycles. The van der Waals surface area contributed by atoms with Crippen molar-refractivity contribution >= 4 is 50.5 Å². The van der Waals surface area contributed by atoms with Crippen molar-refractivity contribution in [3.63, 3.8) is 0 Å². The van der Waals surface area contributed by atoms with Gasteiger partial charge in [-0.25, -0.2) is 8.42 Å². The van der Waals surface area contributed by atoms with E-state index in [1.807, 2.05) is 0 Å². The highest BCUT2D eigenvalue weighted by Crippen LogP contribution is 2.29.